The van der Waals surface area contributed by atoms with Crippen LogP contribution in [0, 0.1) is 0 Å². The molecule has 1 aromatic carbocycles. The summed E-state index contributed by atoms with van der Waals surface area (Å²) in [4.78, 5) is 2.19. The first kappa shape index (κ1) is 11.2. The van der Waals surface area contributed by atoms with E-state index in [-0.39, 0.29) is 4.90 Å². The van der Waals surface area contributed by atoms with Crippen molar-refractivity contribution >= 4 is 21.4 Å². The maximum absolute atomic E-state index is 11.3. The molecule has 0 radical (unpaired) electrons. The van der Waals surface area contributed by atoms with Crippen molar-refractivity contribution in [3.8, 4) is 0 Å². The van der Waals surface area contributed by atoms with Crippen LogP contribution in [0.3, 0.4) is 0 Å². The zero-order valence-corrected chi connectivity index (χ0v) is 9.70. The van der Waals surface area contributed by atoms with E-state index in [1.165, 1.54) is 6.07 Å². The average molecular weight is 241 g/mol. The van der Waals surface area contributed by atoms with Gasteiger partial charge in [0.1, 0.15) is 0 Å². The fourth-order valence-electron chi connectivity index (χ4n) is 1.93. The predicted octanol–water partition coefficient (Wildman–Crippen LogP) is 0.516. The van der Waals surface area contributed by atoms with Gasteiger partial charge in [-0.05, 0) is 31.0 Å². The number of rotatable bonds is 2. The van der Waals surface area contributed by atoms with Gasteiger partial charge in [0.05, 0.1) is 4.90 Å². The topological polar surface area (TPSA) is 89.4 Å². The van der Waals surface area contributed by atoms with Gasteiger partial charge in [-0.1, -0.05) is 0 Å². The highest BCUT2D eigenvalue weighted by molar-refractivity contribution is 7.89. The van der Waals surface area contributed by atoms with Crippen LogP contribution in [0.2, 0.25) is 0 Å². The molecule has 0 spiro atoms. The summed E-state index contributed by atoms with van der Waals surface area (Å²) in [7, 11) is -3.68. The summed E-state index contributed by atoms with van der Waals surface area (Å²) in [5.41, 5.74) is 6.94. The Kier molecular flexibility index (Phi) is 2.77. The van der Waals surface area contributed by atoms with Crippen LogP contribution in [0.4, 0.5) is 11.4 Å². The third-order valence-corrected chi connectivity index (χ3v) is 3.61. The normalized spacial score (nSPS) is 16.7. The van der Waals surface area contributed by atoms with Gasteiger partial charge in [0.2, 0.25) is 10.0 Å². The largest absolute Gasteiger partial charge is 0.399 e. The molecular weight excluding hydrogens is 226 g/mol. The molecule has 0 amide bonds. The van der Waals surface area contributed by atoms with E-state index in [0.29, 0.717) is 5.69 Å². The van der Waals surface area contributed by atoms with E-state index in [4.69, 9.17) is 10.9 Å². The first-order valence-corrected chi connectivity index (χ1v) is 6.70. The van der Waals surface area contributed by atoms with Gasteiger partial charge in [0, 0.05) is 24.5 Å². The van der Waals surface area contributed by atoms with Crippen molar-refractivity contribution in [1.82, 2.24) is 0 Å². The highest BCUT2D eigenvalue weighted by atomic mass is 32.2. The summed E-state index contributed by atoms with van der Waals surface area (Å²) in [5.74, 6) is 0. The van der Waals surface area contributed by atoms with Gasteiger partial charge in [0.25, 0.3) is 0 Å². The van der Waals surface area contributed by atoms with Crippen molar-refractivity contribution in [3.63, 3.8) is 0 Å². The van der Waals surface area contributed by atoms with Crippen LogP contribution in [0.25, 0.3) is 0 Å². The van der Waals surface area contributed by atoms with Gasteiger partial charge in [0.15, 0.2) is 0 Å². The average Bonchev–Trinajstić information content (AvgIpc) is 2.68. The molecule has 0 aliphatic carbocycles. The van der Waals surface area contributed by atoms with Gasteiger partial charge in [-0.3, -0.25) is 0 Å². The Morgan fingerprint density at radius 1 is 1.12 bits per heavy atom. The van der Waals surface area contributed by atoms with Gasteiger partial charge in [-0.2, -0.15) is 0 Å². The van der Waals surface area contributed by atoms with E-state index in [0.717, 1.165) is 31.6 Å². The first-order valence-electron chi connectivity index (χ1n) is 5.15. The second kappa shape index (κ2) is 3.95. The van der Waals surface area contributed by atoms with Gasteiger partial charge in [-0.25, -0.2) is 13.6 Å². The number of nitrogens with two attached hydrogens (primary N) is 2. The maximum Gasteiger partial charge on any atom is 0.238 e. The molecule has 0 unspecified atom stereocenters. The van der Waals surface area contributed by atoms with Crippen LogP contribution in [0.1, 0.15) is 12.8 Å². The number of primary sulfonamides is 1. The maximum atomic E-state index is 11.3. The van der Waals surface area contributed by atoms with Crippen molar-refractivity contribution < 1.29 is 8.42 Å². The number of anilines is 2. The smallest absolute Gasteiger partial charge is 0.238 e. The van der Waals surface area contributed by atoms with E-state index in [2.05, 4.69) is 4.90 Å². The molecule has 5 nitrogen and oxygen atoms in total. The van der Waals surface area contributed by atoms with Gasteiger partial charge >= 0.3 is 0 Å². The fraction of sp³-hybridized carbons (Fsp3) is 0.400. The van der Waals surface area contributed by atoms with Crippen LogP contribution >= 0.6 is 0 Å². The number of hydrogen-bond acceptors (Lipinski definition) is 4. The Labute approximate surface area is 95.1 Å². The monoisotopic (exact) mass is 241 g/mol. The van der Waals surface area contributed by atoms with E-state index in [1.54, 1.807) is 12.1 Å². The highest BCUT2D eigenvalue weighted by Crippen LogP contribution is 2.25. The molecule has 1 fully saturated rings. The third-order valence-electron chi connectivity index (χ3n) is 2.71. The minimum atomic E-state index is -3.68. The standard InChI is InChI=1S/C10H15N3O2S/c11-8-5-9(13-3-1-2-4-13)7-10(6-8)16(12,14)15/h5-7H,1-4,11H2,(H2,12,14,15). The van der Waals surface area contributed by atoms with Crippen LogP contribution in [0.15, 0.2) is 23.1 Å². The molecule has 6 heteroatoms. The Hall–Kier alpha value is -1.27. The highest BCUT2D eigenvalue weighted by Gasteiger charge is 2.16. The molecule has 88 valence electrons. The fourth-order valence-corrected chi connectivity index (χ4v) is 2.51. The lowest BCUT2D eigenvalue weighted by molar-refractivity contribution is 0.598. The molecule has 1 heterocycles. The molecule has 0 bridgehead atoms. The van der Waals surface area contributed by atoms with E-state index in [1.807, 2.05) is 0 Å². The van der Waals surface area contributed by atoms with E-state index >= 15 is 0 Å². The van der Waals surface area contributed by atoms with Crippen molar-refractivity contribution in [2.45, 2.75) is 17.7 Å². The van der Waals surface area contributed by atoms with Crippen LogP contribution in [-0.2, 0) is 10.0 Å². The predicted molar refractivity (Wildman–Crippen MR) is 63.7 cm³/mol. The number of nitrogen functional groups attached to an aromatic ring is 1. The summed E-state index contributed by atoms with van der Waals surface area (Å²) in [5, 5.41) is 5.09. The second-order valence-electron chi connectivity index (χ2n) is 4.00. The zero-order valence-electron chi connectivity index (χ0n) is 8.89. The number of sulfonamides is 1. The van der Waals surface area contributed by atoms with Crippen molar-refractivity contribution in [1.29, 1.82) is 0 Å². The lowest BCUT2D eigenvalue weighted by Gasteiger charge is -2.18. The minimum Gasteiger partial charge on any atom is -0.399 e. The molecule has 1 saturated heterocycles. The van der Waals surface area contributed by atoms with Crippen molar-refractivity contribution in [2.75, 3.05) is 23.7 Å². The Bertz CT molecular complexity index is 493. The molecule has 1 aliphatic rings. The summed E-state index contributed by atoms with van der Waals surface area (Å²) in [6.45, 7) is 1.88. The SMILES string of the molecule is Nc1cc(N2CCCC2)cc(S(N)(=O)=O)c1. The van der Waals surface area contributed by atoms with Crippen LogP contribution in [0.5, 0.6) is 0 Å². The molecular formula is C10H15N3O2S. The summed E-state index contributed by atoms with van der Waals surface area (Å²) in [6.07, 6.45) is 2.25. The molecule has 0 atom stereocenters. The Balaban J connectivity index is 2.43. The van der Waals surface area contributed by atoms with Gasteiger partial charge < -0.3 is 10.6 Å². The summed E-state index contributed by atoms with van der Waals surface area (Å²) < 4.78 is 22.5. The Morgan fingerprint density at radius 3 is 2.31 bits per heavy atom. The number of nitrogens with zero attached hydrogens (tertiary/aromatic N) is 1. The van der Waals surface area contributed by atoms with E-state index < -0.39 is 10.0 Å². The Morgan fingerprint density at radius 2 is 1.75 bits per heavy atom. The number of hydrogen-bond donors (Lipinski definition) is 2. The lowest BCUT2D eigenvalue weighted by atomic mass is 10.2. The minimum absolute atomic E-state index is 0.0781. The first-order chi connectivity index (χ1) is 7.47. The second-order valence-corrected chi connectivity index (χ2v) is 5.56. The van der Waals surface area contributed by atoms with Gasteiger partial charge in [-0.15, -0.1) is 0 Å². The number of benzene rings is 1. The molecule has 1 aromatic rings. The van der Waals surface area contributed by atoms with Crippen molar-refractivity contribution in [2.24, 2.45) is 5.14 Å². The zero-order chi connectivity index (χ0) is 11.8. The third kappa shape index (κ3) is 2.28. The molecule has 2 rings (SSSR count). The molecule has 16 heavy (non-hydrogen) atoms. The van der Waals surface area contributed by atoms with E-state index in [9.17, 15) is 8.42 Å². The van der Waals surface area contributed by atoms with Crippen LogP contribution < -0.4 is 15.8 Å². The van der Waals surface area contributed by atoms with Crippen LogP contribution in [-0.4, -0.2) is 21.5 Å². The molecule has 0 saturated carbocycles. The summed E-state index contributed by atoms with van der Waals surface area (Å²) in [6, 6.07) is 4.74. The summed E-state index contributed by atoms with van der Waals surface area (Å²) >= 11 is 0. The molecule has 0 aromatic heterocycles. The lowest BCUT2D eigenvalue weighted by Crippen LogP contribution is -2.19. The van der Waals surface area contributed by atoms with Crippen molar-refractivity contribution in [3.05, 3.63) is 18.2 Å². The molecule has 4 N–H and O–H groups in total. The molecule has 1 aliphatic heterocycles. The quantitative estimate of drug-likeness (QED) is 0.738.